The molecule has 1 saturated carbocycles. The Balaban J connectivity index is 1.52. The van der Waals surface area contributed by atoms with Gasteiger partial charge in [0.2, 0.25) is 0 Å². The predicted octanol–water partition coefficient (Wildman–Crippen LogP) is 2.35. The van der Waals surface area contributed by atoms with Crippen molar-refractivity contribution in [3.05, 3.63) is 0 Å². The zero-order chi connectivity index (χ0) is 11.7. The van der Waals surface area contributed by atoms with E-state index in [0.717, 1.165) is 11.2 Å². The highest BCUT2D eigenvalue weighted by molar-refractivity contribution is 7.99. The minimum absolute atomic E-state index is 0.428. The molecule has 0 spiro atoms. The van der Waals surface area contributed by atoms with Crippen LogP contribution in [0.1, 0.15) is 39.0 Å². The third-order valence-electron chi connectivity index (χ3n) is 4.72. The van der Waals surface area contributed by atoms with Crippen LogP contribution in [0.5, 0.6) is 0 Å². The van der Waals surface area contributed by atoms with Crippen LogP contribution in [0, 0.1) is 5.92 Å². The maximum Gasteiger partial charge on any atom is 0.0309 e. The average Bonchev–Trinajstić information content (AvgIpc) is 3.14. The summed E-state index contributed by atoms with van der Waals surface area (Å²) in [5.74, 6) is 2.36. The van der Waals surface area contributed by atoms with Gasteiger partial charge in [-0.1, -0.05) is 6.42 Å². The minimum Gasteiger partial charge on any atom is -0.309 e. The molecular formula is C14H26N2S. The molecule has 2 nitrogen and oxygen atoms in total. The summed E-state index contributed by atoms with van der Waals surface area (Å²) < 4.78 is 0. The first-order chi connectivity index (χ1) is 8.26. The highest BCUT2D eigenvalue weighted by Crippen LogP contribution is 2.41. The Kier molecular flexibility index (Phi) is 3.69. The van der Waals surface area contributed by atoms with E-state index < -0.39 is 0 Å². The Morgan fingerprint density at radius 2 is 2.18 bits per heavy atom. The summed E-state index contributed by atoms with van der Waals surface area (Å²) in [5.41, 5.74) is 0.428. The van der Waals surface area contributed by atoms with E-state index in [1.54, 1.807) is 0 Å². The van der Waals surface area contributed by atoms with Crippen LogP contribution in [0.2, 0.25) is 0 Å². The lowest BCUT2D eigenvalue weighted by Gasteiger charge is -2.43. The van der Waals surface area contributed by atoms with Crippen LogP contribution in [-0.4, -0.2) is 47.6 Å². The van der Waals surface area contributed by atoms with Crippen molar-refractivity contribution in [3.63, 3.8) is 0 Å². The number of thioether (sulfide) groups is 1. The first-order valence-corrected chi connectivity index (χ1v) is 8.40. The van der Waals surface area contributed by atoms with E-state index in [9.17, 15) is 0 Å². The van der Waals surface area contributed by atoms with Gasteiger partial charge in [-0.15, -0.1) is 0 Å². The van der Waals surface area contributed by atoms with Crippen molar-refractivity contribution in [1.82, 2.24) is 10.2 Å². The maximum absolute atomic E-state index is 3.78. The summed E-state index contributed by atoms with van der Waals surface area (Å²) in [5, 5.41) is 4.70. The Bertz CT molecular complexity index is 261. The topological polar surface area (TPSA) is 15.3 Å². The lowest BCUT2D eigenvalue weighted by Crippen LogP contribution is -2.60. The van der Waals surface area contributed by atoms with E-state index >= 15 is 0 Å². The molecule has 0 bridgehead atoms. The standard InChI is InChI=1S/C14H26N2S/c1-14(12-5-6-12)11-16(8-7-15-14)10-13-4-2-3-9-17-13/h12-13,15H,2-11H2,1H3. The second-order valence-electron chi connectivity index (χ2n) is 6.34. The fourth-order valence-electron chi connectivity index (χ4n) is 3.49. The molecule has 2 atom stereocenters. The fraction of sp³-hybridized carbons (Fsp3) is 1.00. The van der Waals surface area contributed by atoms with Gasteiger partial charge in [0.1, 0.15) is 0 Å². The van der Waals surface area contributed by atoms with Gasteiger partial charge < -0.3 is 5.32 Å². The van der Waals surface area contributed by atoms with E-state index in [-0.39, 0.29) is 0 Å². The molecule has 0 amide bonds. The Morgan fingerprint density at radius 3 is 2.88 bits per heavy atom. The van der Waals surface area contributed by atoms with Crippen molar-refractivity contribution in [2.45, 2.75) is 49.8 Å². The largest absolute Gasteiger partial charge is 0.309 e. The van der Waals surface area contributed by atoms with Gasteiger partial charge in [0, 0.05) is 37.0 Å². The van der Waals surface area contributed by atoms with E-state index in [2.05, 4.69) is 28.9 Å². The van der Waals surface area contributed by atoms with Crippen LogP contribution < -0.4 is 5.32 Å². The summed E-state index contributed by atoms with van der Waals surface area (Å²) >= 11 is 2.22. The van der Waals surface area contributed by atoms with E-state index in [4.69, 9.17) is 0 Å². The van der Waals surface area contributed by atoms with Gasteiger partial charge in [-0.05, 0) is 44.3 Å². The molecule has 0 aromatic heterocycles. The first kappa shape index (κ1) is 12.3. The molecule has 1 N–H and O–H groups in total. The van der Waals surface area contributed by atoms with Crippen LogP contribution in [0.15, 0.2) is 0 Å². The molecule has 3 rings (SSSR count). The molecule has 0 aromatic rings. The molecular weight excluding hydrogens is 228 g/mol. The SMILES string of the molecule is CC1(C2CC2)CN(CC2CCCCS2)CCN1. The Hall–Kier alpha value is 0.270. The zero-order valence-electron chi connectivity index (χ0n) is 11.1. The molecule has 2 aliphatic heterocycles. The lowest BCUT2D eigenvalue weighted by molar-refractivity contribution is 0.126. The van der Waals surface area contributed by atoms with Crippen molar-refractivity contribution in [2.75, 3.05) is 31.9 Å². The van der Waals surface area contributed by atoms with Crippen LogP contribution >= 0.6 is 11.8 Å². The highest BCUT2D eigenvalue weighted by Gasteiger charge is 2.43. The van der Waals surface area contributed by atoms with E-state index in [1.165, 1.54) is 64.0 Å². The van der Waals surface area contributed by atoms with E-state index in [0.29, 0.717) is 5.54 Å². The molecule has 17 heavy (non-hydrogen) atoms. The van der Waals surface area contributed by atoms with Gasteiger partial charge in [-0.3, -0.25) is 4.90 Å². The molecule has 3 fully saturated rings. The second-order valence-corrected chi connectivity index (χ2v) is 7.75. The van der Waals surface area contributed by atoms with Gasteiger partial charge >= 0.3 is 0 Å². The van der Waals surface area contributed by atoms with Crippen molar-refractivity contribution in [2.24, 2.45) is 5.92 Å². The van der Waals surface area contributed by atoms with Crippen molar-refractivity contribution < 1.29 is 0 Å². The summed E-state index contributed by atoms with van der Waals surface area (Å²) in [7, 11) is 0. The lowest BCUT2D eigenvalue weighted by atomic mass is 9.93. The Labute approximate surface area is 110 Å². The van der Waals surface area contributed by atoms with Gasteiger partial charge in [0.05, 0.1) is 0 Å². The molecule has 98 valence electrons. The smallest absolute Gasteiger partial charge is 0.0309 e. The molecule has 2 heterocycles. The number of rotatable bonds is 3. The summed E-state index contributed by atoms with van der Waals surface area (Å²) in [6.07, 6.45) is 7.27. The molecule has 0 radical (unpaired) electrons. The summed E-state index contributed by atoms with van der Waals surface area (Å²) in [6, 6.07) is 0. The van der Waals surface area contributed by atoms with Crippen LogP contribution in [0.3, 0.4) is 0 Å². The molecule has 3 aliphatic rings. The van der Waals surface area contributed by atoms with E-state index in [1.807, 2.05) is 0 Å². The molecule has 2 saturated heterocycles. The van der Waals surface area contributed by atoms with Crippen molar-refractivity contribution in [3.8, 4) is 0 Å². The number of piperazine rings is 1. The molecule has 2 unspecified atom stereocenters. The van der Waals surface area contributed by atoms with Gasteiger partial charge in [0.25, 0.3) is 0 Å². The highest BCUT2D eigenvalue weighted by atomic mass is 32.2. The van der Waals surface area contributed by atoms with Crippen LogP contribution in [-0.2, 0) is 0 Å². The normalized spacial score (nSPS) is 40.4. The predicted molar refractivity (Wildman–Crippen MR) is 75.7 cm³/mol. The van der Waals surface area contributed by atoms with Gasteiger partial charge in [-0.25, -0.2) is 0 Å². The maximum atomic E-state index is 3.78. The minimum atomic E-state index is 0.428. The first-order valence-electron chi connectivity index (χ1n) is 7.35. The van der Waals surface area contributed by atoms with Crippen molar-refractivity contribution >= 4 is 11.8 Å². The molecule has 3 heteroatoms. The second kappa shape index (κ2) is 5.10. The third kappa shape index (κ3) is 2.99. The average molecular weight is 254 g/mol. The molecule has 0 aromatic carbocycles. The fourth-order valence-corrected chi connectivity index (χ4v) is 4.84. The van der Waals surface area contributed by atoms with Gasteiger partial charge in [0.15, 0.2) is 0 Å². The number of nitrogens with one attached hydrogen (secondary N) is 1. The summed E-state index contributed by atoms with van der Waals surface area (Å²) in [4.78, 5) is 2.73. The molecule has 1 aliphatic carbocycles. The van der Waals surface area contributed by atoms with Crippen LogP contribution in [0.4, 0.5) is 0 Å². The number of hydrogen-bond donors (Lipinski definition) is 1. The van der Waals surface area contributed by atoms with Crippen molar-refractivity contribution in [1.29, 1.82) is 0 Å². The van der Waals surface area contributed by atoms with Gasteiger partial charge in [-0.2, -0.15) is 11.8 Å². The monoisotopic (exact) mass is 254 g/mol. The third-order valence-corrected chi connectivity index (χ3v) is 6.10. The van der Waals surface area contributed by atoms with Crippen LogP contribution in [0.25, 0.3) is 0 Å². The number of hydrogen-bond acceptors (Lipinski definition) is 3. The zero-order valence-corrected chi connectivity index (χ0v) is 11.9. The number of nitrogens with zero attached hydrogens (tertiary/aromatic N) is 1. The quantitative estimate of drug-likeness (QED) is 0.832. The summed E-state index contributed by atoms with van der Waals surface area (Å²) in [6.45, 7) is 7.54. The Morgan fingerprint density at radius 1 is 1.29 bits per heavy atom.